The molecule has 1 heterocycles. The van der Waals surface area contributed by atoms with E-state index in [1.807, 2.05) is 60.7 Å². The van der Waals surface area contributed by atoms with Crippen LogP contribution in [-0.2, 0) is 17.9 Å². The Morgan fingerprint density at radius 2 is 1.58 bits per heavy atom. The first-order chi connectivity index (χ1) is 15.1. The lowest BCUT2D eigenvalue weighted by Crippen LogP contribution is -2.44. The molecule has 6 nitrogen and oxygen atoms in total. The molecule has 1 amide bonds. The zero-order valence-electron chi connectivity index (χ0n) is 17.4. The fraction of sp³-hybridized carbons (Fsp3) is 0.320. The van der Waals surface area contributed by atoms with Gasteiger partial charge in [0.15, 0.2) is 0 Å². The summed E-state index contributed by atoms with van der Waals surface area (Å²) in [5, 5.41) is 3.10. The van der Waals surface area contributed by atoms with Crippen LogP contribution in [0.1, 0.15) is 42.9 Å². The molecule has 0 radical (unpaired) electrons. The van der Waals surface area contributed by atoms with E-state index in [1.54, 1.807) is 0 Å². The number of nitrogens with zero attached hydrogens (tertiary/aromatic N) is 2. The van der Waals surface area contributed by atoms with Crippen molar-refractivity contribution >= 4 is 5.91 Å². The molecule has 1 aliphatic rings. The molecule has 2 aromatic carbocycles. The lowest BCUT2D eigenvalue weighted by atomic mass is 9.91. The molecule has 160 valence electrons. The molecule has 0 aliphatic heterocycles. The second-order valence-electron chi connectivity index (χ2n) is 8.14. The van der Waals surface area contributed by atoms with Crippen molar-refractivity contribution in [3.8, 4) is 0 Å². The van der Waals surface area contributed by atoms with E-state index in [2.05, 4.69) is 5.32 Å². The summed E-state index contributed by atoms with van der Waals surface area (Å²) in [6, 6.07) is 20.7. The van der Waals surface area contributed by atoms with Crippen LogP contribution < -0.4 is 16.6 Å². The molecule has 1 N–H and O–H groups in total. The van der Waals surface area contributed by atoms with Gasteiger partial charge in [-0.05, 0) is 29.9 Å². The summed E-state index contributed by atoms with van der Waals surface area (Å²) in [4.78, 5) is 38.2. The standard InChI is InChI=1S/C25H27N3O3/c29-22(26-24(21-13-7-8-14-21)20-11-5-2-6-12-20)18-28-23(30)15-16-27(25(28)31)17-19-9-3-1-4-10-19/h1-6,9-12,15-16,21,24H,7-8,13-14,17-18H2,(H,26,29). The molecule has 0 spiro atoms. The number of hydrogen-bond acceptors (Lipinski definition) is 3. The fourth-order valence-electron chi connectivity index (χ4n) is 4.39. The Morgan fingerprint density at radius 3 is 2.26 bits per heavy atom. The molecule has 31 heavy (non-hydrogen) atoms. The number of aromatic nitrogens is 2. The Balaban J connectivity index is 1.54. The van der Waals surface area contributed by atoms with Gasteiger partial charge in [0.1, 0.15) is 6.54 Å². The summed E-state index contributed by atoms with van der Waals surface area (Å²) in [6.07, 6.45) is 5.93. The van der Waals surface area contributed by atoms with Gasteiger partial charge in [0.05, 0.1) is 12.6 Å². The minimum atomic E-state index is -0.483. The van der Waals surface area contributed by atoms with E-state index < -0.39 is 11.2 Å². The monoisotopic (exact) mass is 417 g/mol. The summed E-state index contributed by atoms with van der Waals surface area (Å²) >= 11 is 0. The quantitative estimate of drug-likeness (QED) is 0.642. The van der Waals surface area contributed by atoms with Crippen LogP contribution in [0.3, 0.4) is 0 Å². The highest BCUT2D eigenvalue weighted by Crippen LogP contribution is 2.35. The predicted molar refractivity (Wildman–Crippen MR) is 120 cm³/mol. The van der Waals surface area contributed by atoms with E-state index in [9.17, 15) is 14.4 Å². The summed E-state index contributed by atoms with van der Waals surface area (Å²) in [6.45, 7) is 0.0552. The number of hydrogen-bond donors (Lipinski definition) is 1. The second kappa shape index (κ2) is 9.60. The maximum atomic E-state index is 12.9. The highest BCUT2D eigenvalue weighted by molar-refractivity contribution is 5.76. The summed E-state index contributed by atoms with van der Waals surface area (Å²) in [5.41, 5.74) is 1.06. The molecule has 1 atom stereocenters. The molecule has 1 aromatic heterocycles. The number of carbonyl (C=O) groups is 1. The molecule has 1 fully saturated rings. The number of benzene rings is 2. The van der Waals surface area contributed by atoms with Gasteiger partial charge < -0.3 is 5.32 Å². The van der Waals surface area contributed by atoms with Gasteiger partial charge >= 0.3 is 5.69 Å². The van der Waals surface area contributed by atoms with Crippen molar-refractivity contribution in [2.75, 3.05) is 0 Å². The number of carbonyl (C=O) groups excluding carboxylic acids is 1. The van der Waals surface area contributed by atoms with Gasteiger partial charge in [-0.3, -0.25) is 18.7 Å². The van der Waals surface area contributed by atoms with Gasteiger partial charge in [0, 0.05) is 12.3 Å². The first-order valence-corrected chi connectivity index (χ1v) is 10.8. The normalized spacial score (nSPS) is 15.0. The van der Waals surface area contributed by atoms with Crippen molar-refractivity contribution < 1.29 is 4.79 Å². The second-order valence-corrected chi connectivity index (χ2v) is 8.14. The Bertz CT molecular complexity index is 1130. The van der Waals surface area contributed by atoms with Gasteiger partial charge in [-0.25, -0.2) is 4.79 Å². The maximum absolute atomic E-state index is 12.9. The van der Waals surface area contributed by atoms with Crippen LogP contribution in [0.2, 0.25) is 0 Å². The maximum Gasteiger partial charge on any atom is 0.331 e. The van der Waals surface area contributed by atoms with Gasteiger partial charge in [0.25, 0.3) is 5.56 Å². The van der Waals surface area contributed by atoms with Gasteiger partial charge in [-0.15, -0.1) is 0 Å². The van der Waals surface area contributed by atoms with E-state index >= 15 is 0 Å². The minimum Gasteiger partial charge on any atom is -0.347 e. The van der Waals surface area contributed by atoms with Crippen molar-refractivity contribution in [1.82, 2.24) is 14.5 Å². The van der Waals surface area contributed by atoms with Crippen LogP contribution in [0, 0.1) is 5.92 Å². The average molecular weight is 418 g/mol. The summed E-state index contributed by atoms with van der Waals surface area (Å²) in [7, 11) is 0. The van der Waals surface area contributed by atoms with Crippen molar-refractivity contribution in [2.24, 2.45) is 5.92 Å². The molecular formula is C25H27N3O3. The van der Waals surface area contributed by atoms with Crippen molar-refractivity contribution in [3.05, 3.63) is 105 Å². The third kappa shape index (κ3) is 5.02. The van der Waals surface area contributed by atoms with Crippen LogP contribution in [0.25, 0.3) is 0 Å². The summed E-state index contributed by atoms with van der Waals surface area (Å²) in [5.74, 6) is 0.0472. The Kier molecular flexibility index (Phi) is 6.46. The highest BCUT2D eigenvalue weighted by atomic mass is 16.2. The van der Waals surface area contributed by atoms with E-state index in [4.69, 9.17) is 0 Å². The van der Waals surface area contributed by atoms with Crippen LogP contribution in [0.15, 0.2) is 82.5 Å². The molecule has 1 unspecified atom stereocenters. The predicted octanol–water partition coefficient (Wildman–Crippen LogP) is 3.11. The van der Waals surface area contributed by atoms with Crippen LogP contribution >= 0.6 is 0 Å². The van der Waals surface area contributed by atoms with Crippen molar-refractivity contribution in [3.63, 3.8) is 0 Å². The van der Waals surface area contributed by atoms with E-state index in [0.717, 1.165) is 41.4 Å². The first kappa shape index (κ1) is 20.8. The van der Waals surface area contributed by atoms with Gasteiger partial charge in [-0.2, -0.15) is 0 Å². The van der Waals surface area contributed by atoms with E-state index in [-0.39, 0.29) is 18.5 Å². The number of nitrogens with one attached hydrogen (secondary N) is 1. The summed E-state index contributed by atoms with van der Waals surface area (Å²) < 4.78 is 2.46. The zero-order chi connectivity index (χ0) is 21.6. The zero-order valence-corrected chi connectivity index (χ0v) is 17.4. The van der Waals surface area contributed by atoms with Crippen molar-refractivity contribution in [1.29, 1.82) is 0 Å². The largest absolute Gasteiger partial charge is 0.347 e. The average Bonchev–Trinajstić information content (AvgIpc) is 3.33. The molecule has 1 aliphatic carbocycles. The fourth-order valence-corrected chi connectivity index (χ4v) is 4.39. The lowest BCUT2D eigenvalue weighted by molar-refractivity contribution is -0.123. The smallest absolute Gasteiger partial charge is 0.331 e. The Labute approximate surface area is 181 Å². The lowest BCUT2D eigenvalue weighted by Gasteiger charge is -2.25. The molecule has 6 heteroatoms. The van der Waals surface area contributed by atoms with Gasteiger partial charge in [-0.1, -0.05) is 73.5 Å². The molecule has 0 saturated heterocycles. The SMILES string of the molecule is O=C(Cn1c(=O)ccn(Cc2ccccc2)c1=O)NC(c1ccccc1)C1CCCC1. The molecular weight excluding hydrogens is 390 g/mol. The molecule has 3 aromatic rings. The van der Waals surface area contributed by atoms with Crippen LogP contribution in [0.4, 0.5) is 0 Å². The van der Waals surface area contributed by atoms with E-state index in [1.165, 1.54) is 16.8 Å². The number of amides is 1. The third-order valence-corrected chi connectivity index (χ3v) is 5.98. The van der Waals surface area contributed by atoms with E-state index in [0.29, 0.717) is 12.5 Å². The molecule has 1 saturated carbocycles. The van der Waals surface area contributed by atoms with Crippen LogP contribution in [0.5, 0.6) is 0 Å². The Hall–Kier alpha value is -3.41. The first-order valence-electron chi connectivity index (χ1n) is 10.8. The minimum absolute atomic E-state index is 0.109. The molecule has 4 rings (SSSR count). The molecule has 0 bridgehead atoms. The topological polar surface area (TPSA) is 73.1 Å². The highest BCUT2D eigenvalue weighted by Gasteiger charge is 2.28. The van der Waals surface area contributed by atoms with Gasteiger partial charge in [0.2, 0.25) is 5.91 Å². The van der Waals surface area contributed by atoms with Crippen molar-refractivity contribution in [2.45, 2.75) is 44.8 Å². The van der Waals surface area contributed by atoms with Crippen LogP contribution in [-0.4, -0.2) is 15.0 Å². The number of rotatable bonds is 7. The third-order valence-electron chi connectivity index (χ3n) is 5.98. The Morgan fingerprint density at radius 1 is 0.935 bits per heavy atom.